The van der Waals surface area contributed by atoms with E-state index in [0.29, 0.717) is 4.47 Å². The van der Waals surface area contributed by atoms with E-state index in [1.807, 2.05) is 0 Å². The molecule has 0 spiro atoms. The van der Waals surface area contributed by atoms with Gasteiger partial charge >= 0.3 is 0 Å². The summed E-state index contributed by atoms with van der Waals surface area (Å²) in [5, 5.41) is 2.51. The van der Waals surface area contributed by atoms with Gasteiger partial charge in [-0.05, 0) is 53.2 Å². The van der Waals surface area contributed by atoms with Crippen molar-refractivity contribution in [2.45, 2.75) is 25.0 Å². The number of ether oxygens (including phenoxy) is 1. The smallest absolute Gasteiger partial charge is 0.274 e. The van der Waals surface area contributed by atoms with E-state index in [1.165, 1.54) is 18.3 Å². The van der Waals surface area contributed by atoms with Crippen LogP contribution in [0.5, 0.6) is 0 Å². The van der Waals surface area contributed by atoms with Crippen LogP contribution in [-0.4, -0.2) is 35.9 Å². The summed E-state index contributed by atoms with van der Waals surface area (Å²) >= 11 is 3.21. The number of amidine groups is 1. The summed E-state index contributed by atoms with van der Waals surface area (Å²) in [5.41, 5.74) is 3.18. The van der Waals surface area contributed by atoms with Gasteiger partial charge in [0.2, 0.25) is 0 Å². The fourth-order valence-electron chi connectivity index (χ4n) is 2.70. The molecule has 0 unspecified atom stereocenters. The molecular weight excluding hydrogens is 441 g/mol. The van der Waals surface area contributed by atoms with E-state index in [9.17, 15) is 18.0 Å². The van der Waals surface area contributed by atoms with Crippen LogP contribution in [-0.2, 0) is 10.3 Å². The maximum absolute atomic E-state index is 14.5. The summed E-state index contributed by atoms with van der Waals surface area (Å²) in [6, 6.07) is 6.45. The number of nitrogens with two attached hydrogens (primary N) is 1. The SMILES string of the molecule is C[C@H]1OC[C@@](c2cc(NC(=O)c3ccc(Br)cn3)ccc2F)(C(F)F)N=C1N. The highest BCUT2D eigenvalue weighted by atomic mass is 79.9. The van der Waals surface area contributed by atoms with E-state index in [4.69, 9.17) is 10.5 Å². The van der Waals surface area contributed by atoms with Gasteiger partial charge in [-0.2, -0.15) is 0 Å². The highest BCUT2D eigenvalue weighted by molar-refractivity contribution is 9.10. The molecule has 0 saturated carbocycles. The average Bonchev–Trinajstić information content (AvgIpc) is 2.66. The number of carbonyl (C=O) groups is 1. The second kappa shape index (κ2) is 7.88. The molecule has 0 bridgehead atoms. The van der Waals surface area contributed by atoms with Crippen LogP contribution in [0.1, 0.15) is 23.0 Å². The number of amides is 1. The Morgan fingerprint density at radius 2 is 2.14 bits per heavy atom. The number of alkyl halides is 2. The van der Waals surface area contributed by atoms with Crippen molar-refractivity contribution >= 4 is 33.4 Å². The van der Waals surface area contributed by atoms with Gasteiger partial charge in [0.15, 0.2) is 5.54 Å². The number of pyridine rings is 1. The van der Waals surface area contributed by atoms with Crippen LogP contribution in [0.25, 0.3) is 0 Å². The number of nitrogens with zero attached hydrogens (tertiary/aromatic N) is 2. The molecule has 10 heteroatoms. The molecule has 0 saturated heterocycles. The molecule has 0 fully saturated rings. The third-order valence-corrected chi connectivity index (χ3v) is 4.78. The zero-order valence-electron chi connectivity index (χ0n) is 14.6. The lowest BCUT2D eigenvalue weighted by atomic mass is 9.89. The van der Waals surface area contributed by atoms with Crippen LogP contribution in [0.3, 0.4) is 0 Å². The predicted octanol–water partition coefficient (Wildman–Crippen LogP) is 3.47. The molecule has 2 atom stereocenters. The van der Waals surface area contributed by atoms with Gasteiger partial charge in [-0.1, -0.05) is 0 Å². The Bertz CT molecular complexity index is 924. The van der Waals surface area contributed by atoms with Gasteiger partial charge in [0.05, 0.1) is 6.61 Å². The largest absolute Gasteiger partial charge is 0.385 e. The van der Waals surface area contributed by atoms with Crippen molar-refractivity contribution in [1.82, 2.24) is 4.98 Å². The molecule has 0 radical (unpaired) electrons. The van der Waals surface area contributed by atoms with Crippen molar-refractivity contribution in [2.75, 3.05) is 11.9 Å². The van der Waals surface area contributed by atoms with E-state index in [1.54, 1.807) is 13.0 Å². The second-order valence-corrected chi connectivity index (χ2v) is 7.14. The van der Waals surface area contributed by atoms with Crippen molar-refractivity contribution in [3.8, 4) is 0 Å². The third-order valence-electron chi connectivity index (χ3n) is 4.31. The van der Waals surface area contributed by atoms with E-state index < -0.39 is 42.0 Å². The highest BCUT2D eigenvalue weighted by Crippen LogP contribution is 2.38. The molecule has 0 aliphatic carbocycles. The first-order chi connectivity index (χ1) is 13.2. The van der Waals surface area contributed by atoms with Gasteiger partial charge in [0, 0.05) is 21.9 Å². The van der Waals surface area contributed by atoms with E-state index in [2.05, 4.69) is 31.2 Å². The van der Waals surface area contributed by atoms with Gasteiger partial charge in [-0.15, -0.1) is 0 Å². The fraction of sp³-hybridized carbons (Fsp3) is 0.278. The monoisotopic (exact) mass is 456 g/mol. The number of hydrogen-bond donors (Lipinski definition) is 2. The standard InChI is InChI=1S/C18H16BrF3N4O2/c1-9-15(23)26-18(8-28-9,17(21)22)12-6-11(3-4-13(12)20)25-16(27)14-5-2-10(19)7-24-14/h2-7,9,17H,8H2,1H3,(H2,23,26)(H,25,27)/t9-,18-/m1/s1. The van der Waals surface area contributed by atoms with Crippen LogP contribution < -0.4 is 11.1 Å². The molecule has 2 aromatic rings. The minimum Gasteiger partial charge on any atom is -0.385 e. The molecule has 3 rings (SSSR count). The molecule has 1 aliphatic rings. The molecule has 2 heterocycles. The van der Waals surface area contributed by atoms with Crippen LogP contribution in [0.2, 0.25) is 0 Å². The van der Waals surface area contributed by atoms with Crippen LogP contribution in [0, 0.1) is 5.82 Å². The van der Waals surface area contributed by atoms with Gasteiger partial charge in [-0.25, -0.2) is 18.2 Å². The number of halogens is 4. The summed E-state index contributed by atoms with van der Waals surface area (Å²) in [5.74, 6) is -1.64. The Morgan fingerprint density at radius 3 is 2.75 bits per heavy atom. The molecule has 1 amide bonds. The zero-order valence-corrected chi connectivity index (χ0v) is 16.2. The van der Waals surface area contributed by atoms with E-state index in [0.717, 1.165) is 12.1 Å². The van der Waals surface area contributed by atoms with Crippen molar-refractivity contribution in [3.05, 3.63) is 58.1 Å². The summed E-state index contributed by atoms with van der Waals surface area (Å²) in [6.45, 7) is 1.02. The summed E-state index contributed by atoms with van der Waals surface area (Å²) in [7, 11) is 0. The van der Waals surface area contributed by atoms with Gasteiger partial charge in [0.25, 0.3) is 12.3 Å². The molecule has 28 heavy (non-hydrogen) atoms. The number of hydrogen-bond acceptors (Lipinski definition) is 5. The number of carbonyl (C=O) groups excluding carboxylic acids is 1. The minimum atomic E-state index is -3.08. The first kappa shape index (κ1) is 20.3. The topological polar surface area (TPSA) is 89.6 Å². The Balaban J connectivity index is 1.96. The minimum absolute atomic E-state index is 0.106. The highest BCUT2D eigenvalue weighted by Gasteiger charge is 2.47. The Kier molecular flexibility index (Phi) is 5.71. The fourth-order valence-corrected chi connectivity index (χ4v) is 2.93. The molecule has 3 N–H and O–H groups in total. The van der Waals surface area contributed by atoms with Crippen molar-refractivity contribution < 1.29 is 22.7 Å². The second-order valence-electron chi connectivity index (χ2n) is 6.23. The molecule has 1 aliphatic heterocycles. The van der Waals surface area contributed by atoms with Gasteiger partial charge in [0.1, 0.15) is 23.5 Å². The van der Waals surface area contributed by atoms with Crippen molar-refractivity contribution in [1.29, 1.82) is 0 Å². The Morgan fingerprint density at radius 1 is 1.39 bits per heavy atom. The average molecular weight is 457 g/mol. The number of benzene rings is 1. The predicted molar refractivity (Wildman–Crippen MR) is 101 cm³/mol. The van der Waals surface area contributed by atoms with Crippen LogP contribution in [0.4, 0.5) is 18.9 Å². The zero-order chi connectivity index (χ0) is 20.5. The number of nitrogens with one attached hydrogen (secondary N) is 1. The lowest BCUT2D eigenvalue weighted by Crippen LogP contribution is -2.48. The van der Waals surface area contributed by atoms with Crippen molar-refractivity contribution in [3.63, 3.8) is 0 Å². The summed E-state index contributed by atoms with van der Waals surface area (Å²) < 4.78 is 48.3. The quantitative estimate of drug-likeness (QED) is 0.736. The Labute approximate surface area is 167 Å². The summed E-state index contributed by atoms with van der Waals surface area (Å²) in [4.78, 5) is 20.1. The summed E-state index contributed by atoms with van der Waals surface area (Å²) in [6.07, 6.45) is -2.29. The lowest BCUT2D eigenvalue weighted by molar-refractivity contribution is -0.0340. The first-order valence-corrected chi connectivity index (χ1v) is 9.00. The van der Waals surface area contributed by atoms with E-state index >= 15 is 0 Å². The molecular formula is C18H16BrF3N4O2. The molecule has 6 nitrogen and oxygen atoms in total. The lowest BCUT2D eigenvalue weighted by Gasteiger charge is -2.35. The normalized spacial score (nSPS) is 22.1. The maximum atomic E-state index is 14.5. The number of rotatable bonds is 4. The van der Waals surface area contributed by atoms with Crippen LogP contribution in [0.15, 0.2) is 46.0 Å². The number of aliphatic imine (C=N–C) groups is 1. The van der Waals surface area contributed by atoms with Crippen LogP contribution >= 0.6 is 15.9 Å². The molecule has 148 valence electrons. The van der Waals surface area contributed by atoms with Gasteiger partial charge in [-0.3, -0.25) is 9.79 Å². The van der Waals surface area contributed by atoms with Crippen molar-refractivity contribution in [2.24, 2.45) is 10.7 Å². The van der Waals surface area contributed by atoms with E-state index in [-0.39, 0.29) is 17.2 Å². The van der Waals surface area contributed by atoms with Gasteiger partial charge < -0.3 is 15.8 Å². The first-order valence-electron chi connectivity index (χ1n) is 8.21. The number of aromatic nitrogens is 1. The molecule has 1 aromatic carbocycles. The number of anilines is 1. The third kappa shape index (κ3) is 3.88. The Hall–Kier alpha value is -2.46. The molecule has 1 aromatic heterocycles. The maximum Gasteiger partial charge on any atom is 0.274 e.